The minimum Gasteiger partial charge on any atom is -0.487 e. The average molecular weight is 402 g/mol. The van der Waals surface area contributed by atoms with Crippen LogP contribution < -0.4 is 10.1 Å². The summed E-state index contributed by atoms with van der Waals surface area (Å²) in [6, 6.07) is 23.2. The molecule has 0 heterocycles. The van der Waals surface area contributed by atoms with Crippen molar-refractivity contribution in [3.63, 3.8) is 0 Å². The van der Waals surface area contributed by atoms with Crippen molar-refractivity contribution >= 4 is 40.4 Å². The van der Waals surface area contributed by atoms with Crippen molar-refractivity contribution in [2.24, 2.45) is 0 Å². The lowest BCUT2D eigenvalue weighted by Crippen LogP contribution is -2.21. The third-order valence-corrected chi connectivity index (χ3v) is 4.88. The molecule has 0 aliphatic heterocycles. The van der Waals surface area contributed by atoms with E-state index in [1.165, 1.54) is 5.56 Å². The quantitative estimate of drug-likeness (QED) is 0.508. The molecule has 5 heteroatoms. The Bertz CT molecular complexity index is 900. The minimum atomic E-state index is 0.357. The monoisotopic (exact) mass is 401 g/mol. The molecule has 1 N–H and O–H groups in total. The van der Waals surface area contributed by atoms with Crippen molar-refractivity contribution in [1.29, 1.82) is 0 Å². The molecule has 132 valence electrons. The third-order valence-electron chi connectivity index (χ3n) is 3.83. The van der Waals surface area contributed by atoms with Gasteiger partial charge >= 0.3 is 0 Å². The minimum absolute atomic E-state index is 0.357. The van der Waals surface area contributed by atoms with Gasteiger partial charge in [-0.3, -0.25) is 0 Å². The lowest BCUT2D eigenvalue weighted by Gasteiger charge is -2.12. The van der Waals surface area contributed by atoms with Crippen LogP contribution in [0.25, 0.3) is 0 Å². The molecule has 0 unspecified atom stereocenters. The Kier molecular flexibility index (Phi) is 6.51. The second-order valence-corrected chi connectivity index (χ2v) is 6.92. The van der Waals surface area contributed by atoms with Gasteiger partial charge in [-0.25, -0.2) is 0 Å². The summed E-state index contributed by atoms with van der Waals surface area (Å²) in [5, 5.41) is 4.43. The Morgan fingerprint density at radius 2 is 1.62 bits per heavy atom. The molecule has 0 bridgehead atoms. The predicted octanol–water partition coefficient (Wildman–Crippen LogP) is 6.04. The Morgan fingerprint density at radius 1 is 0.885 bits per heavy atom. The molecule has 3 aromatic rings. The van der Waals surface area contributed by atoms with Crippen LogP contribution in [0.4, 0.5) is 0 Å². The fourth-order valence-corrected chi connectivity index (χ4v) is 3.03. The largest absolute Gasteiger partial charge is 0.487 e. The lowest BCUT2D eigenvalue weighted by molar-refractivity contribution is 0.306. The van der Waals surface area contributed by atoms with E-state index < -0.39 is 0 Å². The Morgan fingerprint density at radius 3 is 2.35 bits per heavy atom. The molecule has 26 heavy (non-hydrogen) atoms. The fraction of sp³-hybridized carbons (Fsp3) is 0.0952. The molecule has 0 amide bonds. The van der Waals surface area contributed by atoms with E-state index in [1.807, 2.05) is 72.8 Å². The number of hydrogen-bond donors (Lipinski definition) is 1. The number of rotatable bonds is 6. The summed E-state index contributed by atoms with van der Waals surface area (Å²) in [6.07, 6.45) is 0. The highest BCUT2D eigenvalue weighted by Crippen LogP contribution is 2.27. The van der Waals surface area contributed by atoms with E-state index in [0.29, 0.717) is 33.9 Å². The van der Waals surface area contributed by atoms with Crippen molar-refractivity contribution < 1.29 is 4.74 Å². The van der Waals surface area contributed by atoms with Crippen molar-refractivity contribution in [1.82, 2.24) is 5.32 Å². The number of nitrogens with one attached hydrogen (secondary N) is 1. The second kappa shape index (κ2) is 9.04. The van der Waals surface area contributed by atoms with Gasteiger partial charge in [0.05, 0.1) is 5.02 Å². The van der Waals surface area contributed by atoms with Gasteiger partial charge in [-0.05, 0) is 29.8 Å². The first-order valence-corrected chi connectivity index (χ1v) is 9.28. The second-order valence-electron chi connectivity index (χ2n) is 5.69. The molecule has 2 nitrogen and oxygen atoms in total. The highest BCUT2D eigenvalue weighted by atomic mass is 35.5. The molecule has 0 aliphatic carbocycles. The molecule has 0 spiro atoms. The van der Waals surface area contributed by atoms with Gasteiger partial charge in [-0.1, -0.05) is 84.0 Å². The van der Waals surface area contributed by atoms with Gasteiger partial charge < -0.3 is 10.1 Å². The molecule has 0 aromatic heterocycles. The van der Waals surface area contributed by atoms with Crippen molar-refractivity contribution in [3.8, 4) is 5.75 Å². The van der Waals surface area contributed by atoms with E-state index in [4.69, 9.17) is 40.2 Å². The first-order valence-electron chi connectivity index (χ1n) is 8.11. The summed E-state index contributed by atoms with van der Waals surface area (Å²) in [6.45, 7) is 1.03. The number of benzene rings is 3. The molecule has 3 rings (SSSR count). The van der Waals surface area contributed by atoms with E-state index in [0.717, 1.165) is 11.1 Å². The maximum atomic E-state index is 6.35. The molecule has 0 atom stereocenters. The van der Waals surface area contributed by atoms with Crippen LogP contribution in [0, 0.1) is 0 Å². The summed E-state index contributed by atoms with van der Waals surface area (Å²) in [4.78, 5) is 0.647. The average Bonchev–Trinajstić information content (AvgIpc) is 2.67. The first-order chi connectivity index (χ1) is 12.6. The van der Waals surface area contributed by atoms with Gasteiger partial charge in [0.1, 0.15) is 17.3 Å². The maximum absolute atomic E-state index is 6.35. The Hall–Kier alpha value is -2.07. The molecule has 0 radical (unpaired) electrons. The number of thiocarbonyl (C=S) groups is 1. The third kappa shape index (κ3) is 4.98. The fourth-order valence-electron chi connectivity index (χ4n) is 2.41. The van der Waals surface area contributed by atoms with Crippen LogP contribution in [0.5, 0.6) is 5.75 Å². The Labute approximate surface area is 168 Å². The summed E-state index contributed by atoms with van der Waals surface area (Å²) in [5.41, 5.74) is 2.93. The first kappa shape index (κ1) is 18.7. The van der Waals surface area contributed by atoms with E-state index in [1.54, 1.807) is 0 Å². The van der Waals surface area contributed by atoms with Crippen LogP contribution in [0.15, 0.2) is 72.8 Å². The maximum Gasteiger partial charge on any atom is 0.138 e. The summed E-state index contributed by atoms with van der Waals surface area (Å²) >= 11 is 17.9. The Balaban J connectivity index is 1.61. The summed E-state index contributed by atoms with van der Waals surface area (Å²) in [5.74, 6) is 0.598. The van der Waals surface area contributed by atoms with E-state index in [9.17, 15) is 0 Å². The van der Waals surface area contributed by atoms with Crippen molar-refractivity contribution in [2.75, 3.05) is 0 Å². The predicted molar refractivity (Wildman–Crippen MR) is 112 cm³/mol. The number of ether oxygens (including phenoxy) is 1. The van der Waals surface area contributed by atoms with Crippen LogP contribution >= 0.6 is 35.4 Å². The van der Waals surface area contributed by atoms with Gasteiger partial charge in [0.15, 0.2) is 0 Å². The molecular formula is C21H17Cl2NOS. The smallest absolute Gasteiger partial charge is 0.138 e. The van der Waals surface area contributed by atoms with Crippen molar-refractivity contribution in [3.05, 3.63) is 99.5 Å². The van der Waals surface area contributed by atoms with E-state index in [-0.39, 0.29) is 0 Å². The number of hydrogen-bond acceptors (Lipinski definition) is 2. The molecule has 0 aliphatic rings. The molecule has 0 fully saturated rings. The van der Waals surface area contributed by atoms with Crippen LogP contribution in [-0.4, -0.2) is 4.99 Å². The summed E-state index contributed by atoms with van der Waals surface area (Å²) in [7, 11) is 0. The van der Waals surface area contributed by atoms with Crippen LogP contribution in [0.3, 0.4) is 0 Å². The van der Waals surface area contributed by atoms with Crippen LogP contribution in [-0.2, 0) is 13.2 Å². The van der Waals surface area contributed by atoms with E-state index in [2.05, 4.69) is 5.32 Å². The molecule has 3 aromatic carbocycles. The van der Waals surface area contributed by atoms with Crippen LogP contribution in [0.2, 0.25) is 10.0 Å². The normalized spacial score (nSPS) is 10.4. The molecular weight excluding hydrogens is 385 g/mol. The SMILES string of the molecule is S=C(NCc1ccccc1)c1ccc(OCc2ccccc2Cl)c(Cl)c1. The van der Waals surface area contributed by atoms with E-state index >= 15 is 0 Å². The lowest BCUT2D eigenvalue weighted by atomic mass is 10.2. The zero-order valence-corrected chi connectivity index (χ0v) is 16.2. The standard InChI is InChI=1S/C21H17Cl2NOS/c22-18-9-5-4-8-17(18)14-25-20-11-10-16(12-19(20)23)21(26)24-13-15-6-2-1-3-7-15/h1-12H,13-14H2,(H,24,26). The summed E-state index contributed by atoms with van der Waals surface area (Å²) < 4.78 is 5.79. The highest BCUT2D eigenvalue weighted by Gasteiger charge is 2.08. The molecule has 0 saturated carbocycles. The topological polar surface area (TPSA) is 21.3 Å². The number of halogens is 2. The molecule has 0 saturated heterocycles. The van der Waals surface area contributed by atoms with Gasteiger partial charge in [0.25, 0.3) is 0 Å². The van der Waals surface area contributed by atoms with Crippen LogP contribution in [0.1, 0.15) is 16.7 Å². The zero-order chi connectivity index (χ0) is 18.4. The van der Waals surface area contributed by atoms with Crippen molar-refractivity contribution in [2.45, 2.75) is 13.2 Å². The van der Waals surface area contributed by atoms with Gasteiger partial charge in [0.2, 0.25) is 0 Å². The van der Waals surface area contributed by atoms with Gasteiger partial charge in [0, 0.05) is 22.7 Å². The van der Waals surface area contributed by atoms with Gasteiger partial charge in [-0.2, -0.15) is 0 Å². The highest BCUT2D eigenvalue weighted by molar-refractivity contribution is 7.80. The van der Waals surface area contributed by atoms with Gasteiger partial charge in [-0.15, -0.1) is 0 Å². The zero-order valence-electron chi connectivity index (χ0n) is 13.9.